The van der Waals surface area contributed by atoms with Crippen LogP contribution in [0.2, 0.25) is 0 Å². The van der Waals surface area contributed by atoms with E-state index in [2.05, 4.69) is 22.8 Å². The van der Waals surface area contributed by atoms with E-state index >= 15 is 0 Å². The summed E-state index contributed by atoms with van der Waals surface area (Å²) in [5, 5.41) is 7.07. The summed E-state index contributed by atoms with van der Waals surface area (Å²) in [6.07, 6.45) is 5.31. The lowest BCUT2D eigenvalue weighted by atomic mass is 9.60. The molecule has 1 aromatic rings. The lowest BCUT2D eigenvalue weighted by molar-refractivity contribution is 0.0717. The molecule has 1 aromatic carbocycles. The van der Waals surface area contributed by atoms with Crippen LogP contribution in [0.3, 0.4) is 0 Å². The molecule has 0 radical (unpaired) electrons. The van der Waals surface area contributed by atoms with Crippen LogP contribution in [0, 0.1) is 5.41 Å². The van der Waals surface area contributed by atoms with E-state index in [0.717, 1.165) is 11.4 Å². The standard InChI is InChI=1S/C15H22N2O/c1-18-14-5-3-2-4-13(14)17-12-10-15(11-12)6-8-16-9-7-15/h2-5,12,16-17H,6-11H2,1H3. The molecule has 3 rings (SSSR count). The van der Waals surface area contributed by atoms with Crippen molar-refractivity contribution in [3.8, 4) is 5.75 Å². The average molecular weight is 246 g/mol. The number of anilines is 1. The molecule has 1 aliphatic heterocycles. The van der Waals surface area contributed by atoms with Gasteiger partial charge in [-0.3, -0.25) is 0 Å². The summed E-state index contributed by atoms with van der Waals surface area (Å²) in [4.78, 5) is 0. The van der Waals surface area contributed by atoms with Gasteiger partial charge >= 0.3 is 0 Å². The SMILES string of the molecule is COc1ccccc1NC1CC2(CCNCC2)C1. The molecule has 0 bridgehead atoms. The number of hydrogen-bond donors (Lipinski definition) is 2. The van der Waals surface area contributed by atoms with Crippen molar-refractivity contribution >= 4 is 5.69 Å². The normalized spacial score (nSPS) is 22.5. The first-order valence-electron chi connectivity index (χ1n) is 6.92. The van der Waals surface area contributed by atoms with E-state index in [0.29, 0.717) is 11.5 Å². The van der Waals surface area contributed by atoms with E-state index in [1.807, 2.05) is 12.1 Å². The number of methoxy groups -OCH3 is 1. The highest BCUT2D eigenvalue weighted by molar-refractivity contribution is 5.57. The van der Waals surface area contributed by atoms with Crippen LogP contribution in [0.5, 0.6) is 5.75 Å². The van der Waals surface area contributed by atoms with Crippen molar-refractivity contribution in [3.05, 3.63) is 24.3 Å². The molecule has 3 nitrogen and oxygen atoms in total. The lowest BCUT2D eigenvalue weighted by Crippen LogP contribution is -2.50. The second-order valence-electron chi connectivity index (χ2n) is 5.70. The predicted octanol–water partition coefficient (Wildman–Crippen LogP) is 2.64. The van der Waals surface area contributed by atoms with Crippen LogP contribution in [0.25, 0.3) is 0 Å². The second kappa shape index (κ2) is 4.81. The maximum atomic E-state index is 5.38. The Bertz CT molecular complexity index is 405. The molecule has 2 fully saturated rings. The Morgan fingerprint density at radius 1 is 1.22 bits per heavy atom. The van der Waals surface area contributed by atoms with E-state index < -0.39 is 0 Å². The van der Waals surface area contributed by atoms with E-state index in [4.69, 9.17) is 4.74 Å². The zero-order chi connectivity index (χ0) is 12.4. The van der Waals surface area contributed by atoms with Crippen LogP contribution >= 0.6 is 0 Å². The molecule has 0 atom stereocenters. The van der Waals surface area contributed by atoms with Gasteiger partial charge in [0.05, 0.1) is 12.8 Å². The zero-order valence-electron chi connectivity index (χ0n) is 11.0. The maximum Gasteiger partial charge on any atom is 0.141 e. The molecule has 1 heterocycles. The van der Waals surface area contributed by atoms with Crippen molar-refractivity contribution in [3.63, 3.8) is 0 Å². The van der Waals surface area contributed by atoms with Crippen molar-refractivity contribution in [1.82, 2.24) is 5.32 Å². The molecule has 1 spiro atoms. The molecule has 1 saturated carbocycles. The monoisotopic (exact) mass is 246 g/mol. The van der Waals surface area contributed by atoms with Gasteiger partial charge in [0.25, 0.3) is 0 Å². The van der Waals surface area contributed by atoms with E-state index in [1.165, 1.54) is 38.8 Å². The zero-order valence-corrected chi connectivity index (χ0v) is 11.0. The first kappa shape index (κ1) is 11.8. The first-order chi connectivity index (χ1) is 8.81. The van der Waals surface area contributed by atoms with Crippen molar-refractivity contribution in [2.45, 2.75) is 31.7 Å². The third kappa shape index (κ3) is 2.19. The van der Waals surface area contributed by atoms with E-state index in [-0.39, 0.29) is 0 Å². The van der Waals surface area contributed by atoms with Crippen LogP contribution in [0.1, 0.15) is 25.7 Å². The van der Waals surface area contributed by atoms with Crippen molar-refractivity contribution < 1.29 is 4.74 Å². The summed E-state index contributed by atoms with van der Waals surface area (Å²) in [5.74, 6) is 0.948. The predicted molar refractivity (Wildman–Crippen MR) is 74.2 cm³/mol. The quantitative estimate of drug-likeness (QED) is 0.860. The molecule has 1 saturated heterocycles. The van der Waals surface area contributed by atoms with E-state index in [9.17, 15) is 0 Å². The minimum atomic E-state index is 0.624. The Labute approximate surface area is 109 Å². The smallest absolute Gasteiger partial charge is 0.141 e. The van der Waals surface area contributed by atoms with Gasteiger partial charge in [0.2, 0.25) is 0 Å². The number of hydrogen-bond acceptors (Lipinski definition) is 3. The highest BCUT2D eigenvalue weighted by Crippen LogP contribution is 2.49. The minimum absolute atomic E-state index is 0.624. The second-order valence-corrected chi connectivity index (χ2v) is 5.70. The first-order valence-corrected chi connectivity index (χ1v) is 6.92. The fourth-order valence-corrected chi connectivity index (χ4v) is 3.44. The highest BCUT2D eigenvalue weighted by atomic mass is 16.5. The molecule has 3 heteroatoms. The summed E-state index contributed by atoms with van der Waals surface area (Å²) < 4.78 is 5.38. The minimum Gasteiger partial charge on any atom is -0.495 e. The number of piperidine rings is 1. The molecule has 0 unspecified atom stereocenters. The molecule has 18 heavy (non-hydrogen) atoms. The lowest BCUT2D eigenvalue weighted by Gasteiger charge is -2.51. The molecular formula is C15H22N2O. The van der Waals surface area contributed by atoms with Gasteiger partial charge in [-0.1, -0.05) is 12.1 Å². The van der Waals surface area contributed by atoms with Crippen LogP contribution in [-0.4, -0.2) is 26.2 Å². The summed E-state index contributed by atoms with van der Waals surface area (Å²) >= 11 is 0. The van der Waals surface area contributed by atoms with Gasteiger partial charge in [0.15, 0.2) is 0 Å². The van der Waals surface area contributed by atoms with Gasteiger partial charge in [-0.25, -0.2) is 0 Å². The largest absolute Gasteiger partial charge is 0.495 e. The summed E-state index contributed by atoms with van der Waals surface area (Å²) in [5.41, 5.74) is 1.76. The van der Waals surface area contributed by atoms with Gasteiger partial charge in [0.1, 0.15) is 5.75 Å². The van der Waals surface area contributed by atoms with Crippen LogP contribution < -0.4 is 15.4 Å². The highest BCUT2D eigenvalue weighted by Gasteiger charge is 2.44. The Kier molecular flexibility index (Phi) is 3.16. The number of benzene rings is 1. The van der Waals surface area contributed by atoms with E-state index in [1.54, 1.807) is 7.11 Å². The molecule has 0 amide bonds. The van der Waals surface area contributed by atoms with Crippen LogP contribution in [0.4, 0.5) is 5.69 Å². The Morgan fingerprint density at radius 3 is 2.67 bits per heavy atom. The summed E-state index contributed by atoms with van der Waals surface area (Å²) in [7, 11) is 1.73. The fourth-order valence-electron chi connectivity index (χ4n) is 3.44. The van der Waals surface area contributed by atoms with Crippen molar-refractivity contribution in [2.75, 3.05) is 25.5 Å². The van der Waals surface area contributed by atoms with Gasteiger partial charge < -0.3 is 15.4 Å². The third-order valence-corrected chi connectivity index (χ3v) is 4.49. The molecule has 0 aromatic heterocycles. The molecule has 1 aliphatic carbocycles. The molecule has 98 valence electrons. The Balaban J connectivity index is 1.59. The van der Waals surface area contributed by atoms with Crippen LogP contribution in [0.15, 0.2) is 24.3 Å². The van der Waals surface area contributed by atoms with Gasteiger partial charge in [-0.15, -0.1) is 0 Å². The number of nitrogens with one attached hydrogen (secondary N) is 2. The maximum absolute atomic E-state index is 5.38. The average Bonchev–Trinajstić information content (AvgIpc) is 2.39. The molecular weight excluding hydrogens is 224 g/mol. The van der Waals surface area contributed by atoms with Crippen LogP contribution in [-0.2, 0) is 0 Å². The number of para-hydroxylation sites is 2. The van der Waals surface area contributed by atoms with Gasteiger partial charge in [0, 0.05) is 6.04 Å². The Hall–Kier alpha value is -1.22. The van der Waals surface area contributed by atoms with Gasteiger partial charge in [-0.2, -0.15) is 0 Å². The molecule has 2 aliphatic rings. The summed E-state index contributed by atoms with van der Waals surface area (Å²) in [6, 6.07) is 8.82. The fraction of sp³-hybridized carbons (Fsp3) is 0.600. The number of ether oxygens (including phenoxy) is 1. The Morgan fingerprint density at radius 2 is 1.94 bits per heavy atom. The topological polar surface area (TPSA) is 33.3 Å². The number of rotatable bonds is 3. The van der Waals surface area contributed by atoms with Gasteiger partial charge in [-0.05, 0) is 56.3 Å². The van der Waals surface area contributed by atoms with Crippen molar-refractivity contribution in [1.29, 1.82) is 0 Å². The molecule has 2 N–H and O–H groups in total. The third-order valence-electron chi connectivity index (χ3n) is 4.49. The summed E-state index contributed by atoms with van der Waals surface area (Å²) in [6.45, 7) is 2.39. The van der Waals surface area contributed by atoms with Crippen molar-refractivity contribution in [2.24, 2.45) is 5.41 Å².